The van der Waals surface area contributed by atoms with Crippen molar-refractivity contribution in [1.29, 1.82) is 0 Å². The Labute approximate surface area is 144 Å². The fraction of sp³-hybridized carbons (Fsp3) is 0.353. The number of carbonyl (C=O) groups excluding carboxylic acids is 2. The molecule has 6 nitrogen and oxygen atoms in total. The van der Waals surface area contributed by atoms with E-state index in [9.17, 15) is 9.59 Å². The second-order valence-corrected chi connectivity index (χ2v) is 6.88. The molecule has 0 spiro atoms. The fourth-order valence-corrected chi connectivity index (χ4v) is 3.80. The lowest BCUT2D eigenvalue weighted by atomic mass is 10.1. The standard InChI is InChI=1S/C17H19N3O3S/c1-12-7-8-18-20(12)14-5-3-13(4-6-14)16(21)19-9-10-24-15(11-19)17(22)23-2/h3-8,15H,9-11H2,1-2H3/t15-/m0/s1. The molecule has 7 heteroatoms. The second kappa shape index (κ2) is 7.09. The smallest absolute Gasteiger partial charge is 0.320 e. The number of methoxy groups -OCH3 is 1. The first-order valence-corrected chi connectivity index (χ1v) is 8.75. The van der Waals surface area contributed by atoms with E-state index in [4.69, 9.17) is 4.74 Å². The van der Waals surface area contributed by atoms with Gasteiger partial charge in [0.05, 0.1) is 12.8 Å². The molecule has 1 aliphatic heterocycles. The number of nitrogens with zero attached hydrogens (tertiary/aromatic N) is 3. The lowest BCUT2D eigenvalue weighted by Gasteiger charge is -2.31. The maximum absolute atomic E-state index is 12.7. The summed E-state index contributed by atoms with van der Waals surface area (Å²) in [5.41, 5.74) is 2.55. The average molecular weight is 345 g/mol. The van der Waals surface area contributed by atoms with Gasteiger partial charge >= 0.3 is 5.97 Å². The quantitative estimate of drug-likeness (QED) is 0.795. The van der Waals surface area contributed by atoms with Gasteiger partial charge in [0.15, 0.2) is 0 Å². The van der Waals surface area contributed by atoms with Crippen molar-refractivity contribution in [2.45, 2.75) is 12.2 Å². The predicted molar refractivity (Wildman–Crippen MR) is 92.5 cm³/mol. The third-order valence-corrected chi connectivity index (χ3v) is 5.17. The van der Waals surface area contributed by atoms with E-state index >= 15 is 0 Å². The highest BCUT2D eigenvalue weighted by atomic mass is 32.2. The van der Waals surface area contributed by atoms with Crippen molar-refractivity contribution in [1.82, 2.24) is 14.7 Å². The summed E-state index contributed by atoms with van der Waals surface area (Å²) in [5.74, 6) is 0.394. The Balaban J connectivity index is 1.73. The molecule has 0 unspecified atom stereocenters. The Morgan fingerprint density at radius 1 is 1.25 bits per heavy atom. The number of hydrogen-bond acceptors (Lipinski definition) is 5. The number of aryl methyl sites for hydroxylation is 1. The Hall–Kier alpha value is -2.28. The van der Waals surface area contributed by atoms with Gasteiger partial charge < -0.3 is 9.64 Å². The van der Waals surface area contributed by atoms with Crippen molar-refractivity contribution in [3.63, 3.8) is 0 Å². The normalized spacial score (nSPS) is 17.6. The van der Waals surface area contributed by atoms with Crippen LogP contribution in [0.25, 0.3) is 5.69 Å². The van der Waals surface area contributed by atoms with E-state index in [1.54, 1.807) is 23.2 Å². The zero-order chi connectivity index (χ0) is 17.1. The molecule has 1 aromatic carbocycles. The molecular formula is C17H19N3O3S. The van der Waals surface area contributed by atoms with Crippen molar-refractivity contribution >= 4 is 23.6 Å². The summed E-state index contributed by atoms with van der Waals surface area (Å²) in [5, 5.41) is 3.95. The maximum atomic E-state index is 12.7. The van der Waals surface area contributed by atoms with Gasteiger partial charge in [-0.15, -0.1) is 11.8 Å². The van der Waals surface area contributed by atoms with Gasteiger partial charge in [0.1, 0.15) is 5.25 Å². The highest BCUT2D eigenvalue weighted by Crippen LogP contribution is 2.22. The van der Waals surface area contributed by atoms with Crippen LogP contribution in [0.3, 0.4) is 0 Å². The van der Waals surface area contributed by atoms with Gasteiger partial charge in [-0.05, 0) is 37.3 Å². The van der Waals surface area contributed by atoms with Gasteiger partial charge in [0.25, 0.3) is 5.91 Å². The SMILES string of the molecule is COC(=O)[C@@H]1CN(C(=O)c2ccc(-n3nccc3C)cc2)CCS1. The number of benzene rings is 1. The first-order valence-electron chi connectivity index (χ1n) is 7.70. The summed E-state index contributed by atoms with van der Waals surface area (Å²) in [6, 6.07) is 9.28. The number of esters is 1. The third kappa shape index (κ3) is 3.31. The Kier molecular flexibility index (Phi) is 4.89. The number of rotatable bonds is 3. The third-order valence-electron chi connectivity index (χ3n) is 4.01. The molecule has 0 bridgehead atoms. The van der Waals surface area contributed by atoms with Crippen LogP contribution >= 0.6 is 11.8 Å². The van der Waals surface area contributed by atoms with E-state index in [0.29, 0.717) is 18.7 Å². The molecule has 3 rings (SSSR count). The van der Waals surface area contributed by atoms with Gasteiger partial charge in [0, 0.05) is 36.3 Å². The molecule has 1 atom stereocenters. The molecule has 24 heavy (non-hydrogen) atoms. The van der Waals surface area contributed by atoms with Crippen molar-refractivity contribution in [3.05, 3.63) is 47.8 Å². The van der Waals surface area contributed by atoms with Crippen LogP contribution in [0.5, 0.6) is 0 Å². The van der Waals surface area contributed by atoms with Gasteiger partial charge in [-0.2, -0.15) is 5.10 Å². The van der Waals surface area contributed by atoms with E-state index in [-0.39, 0.29) is 17.1 Å². The lowest BCUT2D eigenvalue weighted by molar-refractivity contribution is -0.140. The molecule has 0 N–H and O–H groups in total. The maximum Gasteiger partial charge on any atom is 0.320 e. The van der Waals surface area contributed by atoms with Crippen LogP contribution in [-0.4, -0.2) is 57.8 Å². The first kappa shape index (κ1) is 16.6. The van der Waals surface area contributed by atoms with E-state index in [2.05, 4.69) is 5.10 Å². The molecule has 2 heterocycles. The van der Waals surface area contributed by atoms with Crippen LogP contribution in [0.1, 0.15) is 16.1 Å². The fourth-order valence-electron chi connectivity index (χ4n) is 2.68. The largest absolute Gasteiger partial charge is 0.468 e. The van der Waals surface area contributed by atoms with E-state index < -0.39 is 0 Å². The Morgan fingerprint density at radius 2 is 2.00 bits per heavy atom. The van der Waals surface area contributed by atoms with Gasteiger partial charge in [-0.3, -0.25) is 9.59 Å². The van der Waals surface area contributed by atoms with E-state index in [0.717, 1.165) is 17.1 Å². The molecule has 0 saturated carbocycles. The summed E-state index contributed by atoms with van der Waals surface area (Å²) in [6.07, 6.45) is 1.74. The predicted octanol–water partition coefficient (Wildman–Crippen LogP) is 1.91. The molecule has 126 valence electrons. The molecule has 1 aliphatic rings. The van der Waals surface area contributed by atoms with Gasteiger partial charge in [0.2, 0.25) is 0 Å². The topological polar surface area (TPSA) is 64.4 Å². The van der Waals surface area contributed by atoms with Crippen LogP contribution in [0.4, 0.5) is 0 Å². The minimum absolute atomic E-state index is 0.0621. The molecule has 0 aliphatic carbocycles. The first-order chi connectivity index (χ1) is 11.6. The number of hydrogen-bond donors (Lipinski definition) is 0. The number of amides is 1. The van der Waals surface area contributed by atoms with Crippen LogP contribution in [-0.2, 0) is 9.53 Å². The number of ether oxygens (including phenoxy) is 1. The van der Waals surface area contributed by atoms with Crippen LogP contribution in [0.15, 0.2) is 36.5 Å². The molecule has 2 aromatic rings. The van der Waals surface area contributed by atoms with Crippen LogP contribution in [0.2, 0.25) is 0 Å². The molecular weight excluding hydrogens is 326 g/mol. The highest BCUT2D eigenvalue weighted by Gasteiger charge is 2.30. The van der Waals surface area contributed by atoms with Gasteiger partial charge in [-0.25, -0.2) is 4.68 Å². The summed E-state index contributed by atoms with van der Waals surface area (Å²) >= 11 is 1.53. The minimum Gasteiger partial charge on any atom is -0.468 e. The average Bonchev–Trinajstić information content (AvgIpc) is 3.06. The summed E-state index contributed by atoms with van der Waals surface area (Å²) in [4.78, 5) is 26.1. The van der Waals surface area contributed by atoms with Crippen molar-refractivity contribution in [2.75, 3.05) is 26.0 Å². The molecule has 1 amide bonds. The molecule has 1 aromatic heterocycles. The summed E-state index contributed by atoms with van der Waals surface area (Å²) in [7, 11) is 1.37. The number of thioether (sulfide) groups is 1. The van der Waals surface area contributed by atoms with Gasteiger partial charge in [-0.1, -0.05) is 0 Å². The van der Waals surface area contributed by atoms with Crippen molar-refractivity contribution < 1.29 is 14.3 Å². The highest BCUT2D eigenvalue weighted by molar-refractivity contribution is 8.00. The monoisotopic (exact) mass is 345 g/mol. The zero-order valence-electron chi connectivity index (χ0n) is 13.6. The lowest BCUT2D eigenvalue weighted by Crippen LogP contribution is -2.44. The summed E-state index contributed by atoms with van der Waals surface area (Å²) < 4.78 is 6.60. The van der Waals surface area contributed by atoms with Crippen molar-refractivity contribution in [3.8, 4) is 5.69 Å². The van der Waals surface area contributed by atoms with E-state index in [1.165, 1.54) is 18.9 Å². The second-order valence-electron chi connectivity index (χ2n) is 5.57. The minimum atomic E-state index is -0.307. The summed E-state index contributed by atoms with van der Waals surface area (Å²) in [6.45, 7) is 3.00. The Bertz CT molecular complexity index is 742. The molecule has 1 fully saturated rings. The number of carbonyl (C=O) groups is 2. The molecule has 1 saturated heterocycles. The number of aromatic nitrogens is 2. The van der Waals surface area contributed by atoms with Crippen LogP contribution in [0, 0.1) is 6.92 Å². The zero-order valence-corrected chi connectivity index (χ0v) is 14.5. The Morgan fingerprint density at radius 3 is 2.62 bits per heavy atom. The van der Waals surface area contributed by atoms with Crippen molar-refractivity contribution in [2.24, 2.45) is 0 Å². The van der Waals surface area contributed by atoms with E-state index in [1.807, 2.05) is 29.8 Å². The van der Waals surface area contributed by atoms with Crippen LogP contribution < -0.4 is 0 Å². The molecule has 0 radical (unpaired) electrons.